The number of cyclic esters (lactones) is 1. The largest absolute Gasteiger partial charge is 0.458 e. The van der Waals surface area contributed by atoms with E-state index in [4.69, 9.17) is 23.7 Å². The summed E-state index contributed by atoms with van der Waals surface area (Å²) in [6.07, 6.45) is 1.33. The summed E-state index contributed by atoms with van der Waals surface area (Å²) in [4.78, 5) is 55.4. The van der Waals surface area contributed by atoms with Crippen LogP contribution in [0.1, 0.15) is 73.9 Å². The van der Waals surface area contributed by atoms with Gasteiger partial charge in [-0.15, -0.1) is 11.8 Å². The van der Waals surface area contributed by atoms with Gasteiger partial charge in [0.25, 0.3) is 0 Å². The number of hydrogen-bond donors (Lipinski definition) is 2. The van der Waals surface area contributed by atoms with Crippen LogP contribution in [0.25, 0.3) is 11.2 Å². The highest BCUT2D eigenvalue weighted by Gasteiger charge is 2.61. The summed E-state index contributed by atoms with van der Waals surface area (Å²) in [6, 6.07) is 0. The molecule has 5 rings (SSSR count). The summed E-state index contributed by atoms with van der Waals surface area (Å²) in [7, 11) is 1.51. The van der Waals surface area contributed by atoms with Crippen LogP contribution < -0.4 is 0 Å². The van der Waals surface area contributed by atoms with E-state index in [1.165, 1.54) is 25.2 Å². The Morgan fingerprint density at radius 3 is 2.42 bits per heavy atom. The highest BCUT2D eigenvalue weighted by molar-refractivity contribution is 8.00. The lowest BCUT2D eigenvalue weighted by Gasteiger charge is -2.46. The number of rotatable bonds is 8. The number of carbonyl (C=O) groups is 3. The Morgan fingerprint density at radius 2 is 1.74 bits per heavy atom. The van der Waals surface area contributed by atoms with Crippen LogP contribution in [0, 0.1) is 36.5 Å². The number of aryl methyl sites for hydroxylation is 2. The Morgan fingerprint density at radius 1 is 1.02 bits per heavy atom. The fourth-order valence-corrected chi connectivity index (χ4v) is 9.95. The average molecular weight is 761 g/mol. The molecule has 0 amide bonds. The maximum absolute atomic E-state index is 14.6. The van der Waals surface area contributed by atoms with Crippen LogP contribution >= 0.6 is 11.8 Å². The van der Waals surface area contributed by atoms with Crippen LogP contribution in [0.15, 0.2) is 24.8 Å². The normalized spacial score (nSPS) is 40.1. The Bertz CT molecular complexity index is 1670. The Labute approximate surface area is 315 Å². The minimum atomic E-state index is -1.34. The van der Waals surface area contributed by atoms with Crippen LogP contribution in [0.3, 0.4) is 0 Å². The molecule has 0 saturated carbocycles. The van der Waals surface area contributed by atoms with E-state index in [1.54, 1.807) is 46.2 Å². The van der Waals surface area contributed by atoms with Gasteiger partial charge in [-0.3, -0.25) is 14.4 Å². The van der Waals surface area contributed by atoms with E-state index in [2.05, 4.69) is 15.0 Å². The molecule has 0 bridgehead atoms. The van der Waals surface area contributed by atoms with E-state index in [9.17, 15) is 24.6 Å². The number of carbonyl (C=O) groups excluding carboxylic acids is 3. The van der Waals surface area contributed by atoms with Crippen molar-refractivity contribution in [3.63, 3.8) is 0 Å². The second-order valence-corrected chi connectivity index (χ2v) is 16.7. The molecule has 2 saturated heterocycles. The van der Waals surface area contributed by atoms with Gasteiger partial charge in [0.1, 0.15) is 35.1 Å². The molecule has 14 nitrogen and oxygen atoms in total. The van der Waals surface area contributed by atoms with E-state index < -0.39 is 88.7 Å². The standard InChI is InChI=1S/C38H56N4O10S/c1-11-26-38(9)27(31(35(47)52-38)53-15-14-42-18-41-28-24(7)39-17-40-33(28)42)21(4)29(44)19(2)16-37(8,48-10)32(22(5)30(45)23(6)34(46)50-26)51-36-25(43)13-12-20(3)49-36/h12-13,17-23,25-27,30-32,36,43,45H,11,14-16H2,1-10H3/t19-,20-,21-,22+,23-,25-,26-,27+,30+,31+,32-,36+,37-,38-/m1/s1. The molecular formula is C38H56N4O10S. The van der Waals surface area contributed by atoms with Crippen molar-refractivity contribution in [1.82, 2.24) is 19.5 Å². The number of hydrogen-bond acceptors (Lipinski definition) is 14. The Kier molecular flexibility index (Phi) is 12.8. The molecule has 0 aliphatic carbocycles. The highest BCUT2D eigenvalue weighted by atomic mass is 32.2. The van der Waals surface area contributed by atoms with Crippen LogP contribution in [-0.4, -0.2) is 114 Å². The molecule has 53 heavy (non-hydrogen) atoms. The number of aromatic nitrogens is 4. The van der Waals surface area contributed by atoms with Crippen LogP contribution in [0.5, 0.6) is 0 Å². The number of Topliss-reactive ketones (excluding diaryl/α,β-unsaturated/α-hetero) is 1. The molecular weight excluding hydrogens is 705 g/mol. The number of fused-ring (bicyclic) bond motifs is 2. The number of imidazole rings is 1. The molecule has 3 aliphatic heterocycles. The monoisotopic (exact) mass is 760 g/mol. The quantitative estimate of drug-likeness (QED) is 0.293. The van der Waals surface area contributed by atoms with Gasteiger partial charge in [-0.1, -0.05) is 39.8 Å². The van der Waals surface area contributed by atoms with Gasteiger partial charge < -0.3 is 38.5 Å². The number of aliphatic hydroxyl groups is 2. The predicted octanol–water partition coefficient (Wildman–Crippen LogP) is 3.82. The number of nitrogens with zero attached hydrogens (tertiary/aromatic N) is 4. The van der Waals surface area contributed by atoms with Crippen molar-refractivity contribution in [1.29, 1.82) is 0 Å². The predicted molar refractivity (Wildman–Crippen MR) is 197 cm³/mol. The van der Waals surface area contributed by atoms with E-state index in [0.717, 1.165) is 5.69 Å². The molecule has 294 valence electrons. The molecule has 0 spiro atoms. The van der Waals surface area contributed by atoms with Crippen molar-refractivity contribution in [2.45, 2.75) is 135 Å². The van der Waals surface area contributed by atoms with Gasteiger partial charge in [-0.05, 0) is 47.5 Å². The van der Waals surface area contributed by atoms with Gasteiger partial charge in [0, 0.05) is 43.1 Å². The summed E-state index contributed by atoms with van der Waals surface area (Å²) in [5, 5.41) is 21.8. The minimum absolute atomic E-state index is 0.120. The van der Waals surface area contributed by atoms with Crippen molar-refractivity contribution in [2.75, 3.05) is 12.9 Å². The Balaban J connectivity index is 1.49. The molecule has 2 fully saturated rings. The van der Waals surface area contributed by atoms with Crippen LogP contribution in [-0.2, 0) is 44.6 Å². The molecule has 0 aromatic carbocycles. The highest BCUT2D eigenvalue weighted by Crippen LogP contribution is 2.49. The van der Waals surface area contributed by atoms with Crippen molar-refractivity contribution >= 4 is 40.6 Å². The SMILES string of the molecule is CC[C@H]1OC(=O)[C@H](C)[C@@H](O)[C@H](C)[C@@H](O[C@@H]2O[C@H](C)C=C[C@H]2O)[C@](C)(OC)C[C@@H](C)C(=O)[C@H](C)[C@H]2[C@H](SCCn3cnc4c(C)ncnc43)C(=O)O[C@@]21C. The lowest BCUT2D eigenvalue weighted by atomic mass is 9.70. The van der Waals surface area contributed by atoms with Crippen LogP contribution in [0.4, 0.5) is 0 Å². The minimum Gasteiger partial charge on any atom is -0.458 e. The van der Waals surface area contributed by atoms with Crippen molar-refractivity contribution in [3.8, 4) is 0 Å². The summed E-state index contributed by atoms with van der Waals surface area (Å²) < 4.78 is 32.8. The van der Waals surface area contributed by atoms with Crippen molar-refractivity contribution in [2.24, 2.45) is 29.6 Å². The number of methoxy groups -OCH3 is 1. The first-order valence-corrected chi connectivity index (χ1v) is 19.6. The Hall–Kier alpha value is -2.95. The van der Waals surface area contributed by atoms with Gasteiger partial charge in [-0.25, -0.2) is 15.0 Å². The zero-order valence-electron chi connectivity index (χ0n) is 32.4. The van der Waals surface area contributed by atoms with Gasteiger partial charge >= 0.3 is 11.9 Å². The fourth-order valence-electron chi connectivity index (χ4n) is 8.50. The summed E-state index contributed by atoms with van der Waals surface area (Å²) in [6.45, 7) is 16.5. The summed E-state index contributed by atoms with van der Waals surface area (Å²) >= 11 is 1.39. The third-order valence-electron chi connectivity index (χ3n) is 11.7. The molecule has 14 atom stereocenters. The summed E-state index contributed by atoms with van der Waals surface area (Å²) in [5.41, 5.74) is -0.374. The molecule has 0 radical (unpaired) electrons. The van der Waals surface area contributed by atoms with Gasteiger partial charge in [0.2, 0.25) is 0 Å². The third-order valence-corrected chi connectivity index (χ3v) is 12.9. The fraction of sp³-hybridized carbons (Fsp3) is 0.737. The average Bonchev–Trinajstić information content (AvgIpc) is 3.66. The maximum Gasteiger partial charge on any atom is 0.320 e. The lowest BCUT2D eigenvalue weighted by Crippen LogP contribution is -2.57. The van der Waals surface area contributed by atoms with E-state index in [0.29, 0.717) is 29.9 Å². The number of ether oxygens (including phenoxy) is 5. The van der Waals surface area contributed by atoms with Crippen molar-refractivity contribution < 1.29 is 48.3 Å². The second-order valence-electron chi connectivity index (χ2n) is 15.4. The van der Waals surface area contributed by atoms with E-state index in [-0.39, 0.29) is 18.3 Å². The number of ketones is 1. The molecule has 2 N–H and O–H groups in total. The smallest absolute Gasteiger partial charge is 0.320 e. The third kappa shape index (κ3) is 8.06. The molecule has 15 heteroatoms. The zero-order valence-corrected chi connectivity index (χ0v) is 33.2. The molecule has 2 aromatic heterocycles. The van der Waals surface area contributed by atoms with Gasteiger partial charge in [0.15, 0.2) is 17.5 Å². The molecule has 0 unspecified atom stereocenters. The molecule has 3 aliphatic rings. The van der Waals surface area contributed by atoms with Crippen molar-refractivity contribution in [3.05, 3.63) is 30.5 Å². The summed E-state index contributed by atoms with van der Waals surface area (Å²) in [5.74, 6) is -4.54. The molecule has 5 heterocycles. The second kappa shape index (κ2) is 16.4. The first kappa shape index (κ1) is 41.2. The number of aliphatic hydroxyl groups excluding tert-OH is 2. The first-order chi connectivity index (χ1) is 25.0. The van der Waals surface area contributed by atoms with Crippen LogP contribution in [0.2, 0.25) is 0 Å². The zero-order chi connectivity index (χ0) is 39.0. The van der Waals surface area contributed by atoms with E-state index >= 15 is 0 Å². The lowest BCUT2D eigenvalue weighted by molar-refractivity contribution is -0.272. The topological polar surface area (TPSA) is 181 Å². The first-order valence-electron chi connectivity index (χ1n) is 18.6. The van der Waals surface area contributed by atoms with E-state index in [1.807, 2.05) is 39.2 Å². The molecule has 2 aromatic rings. The number of thioether (sulfide) groups is 1. The van der Waals surface area contributed by atoms with Gasteiger partial charge in [0.05, 0.1) is 41.9 Å². The van der Waals surface area contributed by atoms with Gasteiger partial charge in [-0.2, -0.15) is 0 Å². The number of esters is 2. The maximum atomic E-state index is 14.6.